The number of rotatable bonds is 9. The quantitative estimate of drug-likeness (QED) is 0.400. The lowest BCUT2D eigenvalue weighted by atomic mass is 9.53. The number of urea groups is 1. The number of unbranched alkanes of at least 4 members (excludes halogenated alkanes) is 2. The molecule has 0 radical (unpaired) electrons. The van der Waals surface area contributed by atoms with Gasteiger partial charge in [-0.2, -0.15) is 0 Å². The summed E-state index contributed by atoms with van der Waals surface area (Å²) in [6.07, 6.45) is 9.30. The summed E-state index contributed by atoms with van der Waals surface area (Å²) in [5.41, 5.74) is -0.160. The van der Waals surface area contributed by atoms with E-state index in [9.17, 15) is 19.2 Å². The predicted molar refractivity (Wildman–Crippen MR) is 106 cm³/mol. The minimum Gasteiger partial charge on any atom is -0.456 e. The Hall–Kier alpha value is -2.12. The van der Waals surface area contributed by atoms with E-state index in [0.29, 0.717) is 30.7 Å². The molecule has 0 aliphatic heterocycles. The zero-order valence-corrected chi connectivity index (χ0v) is 17.3. The molecule has 0 aromatic carbocycles. The first-order valence-corrected chi connectivity index (χ1v) is 10.9. The number of hydrogen-bond acceptors (Lipinski definition) is 5. The zero-order chi connectivity index (χ0) is 20.9. The third kappa shape index (κ3) is 6.44. The predicted octanol–water partition coefficient (Wildman–Crippen LogP) is 2.02. The topological polar surface area (TPSA) is 114 Å². The molecule has 162 valence electrons. The molecule has 0 unspecified atom stereocenters. The van der Waals surface area contributed by atoms with Crippen LogP contribution in [0.4, 0.5) is 4.79 Å². The highest BCUT2D eigenvalue weighted by Crippen LogP contribution is 2.55. The standard InChI is InChI=1S/C21H33N3O5/c1-14(25)22-6-4-2-3-5-19(27)29-13-18(26)23-20(28)24-21-10-15-7-16(11-21)9-17(8-15)12-21/h15-17H,2-13H2,1H3,(H,22,25)(H2,23,24,26,28). The number of nitrogens with one attached hydrogen (secondary N) is 3. The van der Waals surface area contributed by atoms with E-state index in [4.69, 9.17) is 4.74 Å². The highest BCUT2D eigenvalue weighted by Gasteiger charge is 2.51. The molecule has 4 aliphatic carbocycles. The summed E-state index contributed by atoms with van der Waals surface area (Å²) >= 11 is 0. The van der Waals surface area contributed by atoms with E-state index in [-0.39, 0.29) is 17.9 Å². The number of amides is 4. The van der Waals surface area contributed by atoms with E-state index in [0.717, 1.165) is 32.1 Å². The van der Waals surface area contributed by atoms with Crippen LogP contribution >= 0.6 is 0 Å². The van der Waals surface area contributed by atoms with Gasteiger partial charge in [0.25, 0.3) is 5.91 Å². The SMILES string of the molecule is CC(=O)NCCCCCC(=O)OCC(=O)NC(=O)NC12CC3CC(CC(C3)C1)C2. The Balaban J connectivity index is 1.28. The van der Waals surface area contributed by atoms with Crippen molar-refractivity contribution in [1.29, 1.82) is 0 Å². The molecular formula is C21H33N3O5. The molecule has 4 saturated carbocycles. The van der Waals surface area contributed by atoms with Gasteiger partial charge in [-0.15, -0.1) is 0 Å². The molecule has 8 heteroatoms. The van der Waals surface area contributed by atoms with Gasteiger partial charge in [0.15, 0.2) is 6.61 Å². The fourth-order valence-electron chi connectivity index (χ4n) is 5.75. The van der Waals surface area contributed by atoms with Crippen molar-refractivity contribution in [3.8, 4) is 0 Å². The lowest BCUT2D eigenvalue weighted by Gasteiger charge is -2.56. The van der Waals surface area contributed by atoms with E-state index in [1.54, 1.807) is 0 Å². The summed E-state index contributed by atoms with van der Waals surface area (Å²) in [4.78, 5) is 46.7. The summed E-state index contributed by atoms with van der Waals surface area (Å²) in [6, 6.07) is -0.481. The summed E-state index contributed by atoms with van der Waals surface area (Å²) in [5.74, 6) is 0.986. The third-order valence-electron chi connectivity index (χ3n) is 6.47. The van der Waals surface area contributed by atoms with Crippen LogP contribution in [0, 0.1) is 17.8 Å². The number of hydrogen-bond donors (Lipinski definition) is 3. The van der Waals surface area contributed by atoms with Gasteiger partial charge in [0, 0.05) is 25.4 Å². The van der Waals surface area contributed by atoms with Gasteiger partial charge in [-0.05, 0) is 69.1 Å². The zero-order valence-electron chi connectivity index (χ0n) is 17.3. The van der Waals surface area contributed by atoms with Gasteiger partial charge in [0.05, 0.1) is 0 Å². The van der Waals surface area contributed by atoms with Crippen LogP contribution < -0.4 is 16.0 Å². The Kier molecular flexibility index (Phi) is 7.14. The maximum Gasteiger partial charge on any atom is 0.321 e. The maximum absolute atomic E-state index is 12.3. The minimum absolute atomic E-state index is 0.0670. The Labute approximate surface area is 171 Å². The molecule has 0 saturated heterocycles. The van der Waals surface area contributed by atoms with Gasteiger partial charge in [0.2, 0.25) is 5.91 Å². The fourth-order valence-corrected chi connectivity index (χ4v) is 5.75. The molecule has 0 aromatic heterocycles. The highest BCUT2D eigenvalue weighted by atomic mass is 16.5. The first kappa shape index (κ1) is 21.6. The van der Waals surface area contributed by atoms with E-state index < -0.39 is 24.5 Å². The number of carbonyl (C=O) groups excluding carboxylic acids is 4. The molecule has 4 bridgehead atoms. The van der Waals surface area contributed by atoms with Gasteiger partial charge in [0.1, 0.15) is 0 Å². The molecule has 4 amide bonds. The molecular weight excluding hydrogens is 374 g/mol. The second kappa shape index (κ2) is 9.59. The van der Waals surface area contributed by atoms with Crippen LogP contribution in [0.3, 0.4) is 0 Å². The van der Waals surface area contributed by atoms with Crippen molar-refractivity contribution >= 4 is 23.8 Å². The van der Waals surface area contributed by atoms with Crippen molar-refractivity contribution in [2.45, 2.75) is 76.7 Å². The molecule has 8 nitrogen and oxygen atoms in total. The number of carbonyl (C=O) groups is 4. The van der Waals surface area contributed by atoms with Crippen molar-refractivity contribution in [3.05, 3.63) is 0 Å². The lowest BCUT2D eigenvalue weighted by Crippen LogP contribution is -2.62. The monoisotopic (exact) mass is 407 g/mol. The largest absolute Gasteiger partial charge is 0.456 e. The molecule has 29 heavy (non-hydrogen) atoms. The summed E-state index contributed by atoms with van der Waals surface area (Å²) < 4.78 is 4.94. The molecule has 0 spiro atoms. The van der Waals surface area contributed by atoms with E-state index in [1.807, 2.05) is 0 Å². The average Bonchev–Trinajstić information content (AvgIpc) is 2.60. The number of imide groups is 1. The van der Waals surface area contributed by atoms with Crippen LogP contribution in [0.25, 0.3) is 0 Å². The van der Waals surface area contributed by atoms with Gasteiger partial charge < -0.3 is 15.4 Å². The summed E-state index contributed by atoms with van der Waals surface area (Å²) in [7, 11) is 0. The van der Waals surface area contributed by atoms with Crippen LogP contribution in [0.1, 0.15) is 71.1 Å². The summed E-state index contributed by atoms with van der Waals surface area (Å²) in [6.45, 7) is 1.61. The summed E-state index contributed by atoms with van der Waals surface area (Å²) in [5, 5.41) is 8.05. The van der Waals surface area contributed by atoms with Crippen LogP contribution in [-0.4, -0.2) is 42.5 Å². The Morgan fingerprint density at radius 3 is 2.14 bits per heavy atom. The van der Waals surface area contributed by atoms with E-state index in [2.05, 4.69) is 16.0 Å². The van der Waals surface area contributed by atoms with E-state index >= 15 is 0 Å². The lowest BCUT2D eigenvalue weighted by molar-refractivity contribution is -0.148. The maximum atomic E-state index is 12.3. The Bertz CT molecular complexity index is 613. The first-order chi connectivity index (χ1) is 13.8. The molecule has 4 fully saturated rings. The molecule has 4 aliphatic rings. The van der Waals surface area contributed by atoms with Crippen LogP contribution in [0.2, 0.25) is 0 Å². The number of ether oxygens (including phenoxy) is 1. The van der Waals surface area contributed by atoms with Crippen LogP contribution in [0.5, 0.6) is 0 Å². The van der Waals surface area contributed by atoms with Crippen molar-refractivity contribution < 1.29 is 23.9 Å². The molecule has 0 heterocycles. The fraction of sp³-hybridized carbons (Fsp3) is 0.810. The smallest absolute Gasteiger partial charge is 0.321 e. The van der Waals surface area contributed by atoms with Crippen molar-refractivity contribution in [2.24, 2.45) is 17.8 Å². The Morgan fingerprint density at radius 1 is 0.931 bits per heavy atom. The number of esters is 1. The van der Waals surface area contributed by atoms with Crippen molar-refractivity contribution in [2.75, 3.05) is 13.2 Å². The van der Waals surface area contributed by atoms with Crippen LogP contribution in [0.15, 0.2) is 0 Å². The highest BCUT2D eigenvalue weighted by molar-refractivity contribution is 5.95. The first-order valence-electron chi connectivity index (χ1n) is 10.9. The van der Waals surface area contributed by atoms with Crippen molar-refractivity contribution in [3.63, 3.8) is 0 Å². The molecule has 0 aromatic rings. The van der Waals surface area contributed by atoms with Gasteiger partial charge in [-0.3, -0.25) is 19.7 Å². The van der Waals surface area contributed by atoms with Gasteiger partial charge in [-0.1, -0.05) is 6.42 Å². The second-order valence-electron chi connectivity index (χ2n) is 9.15. The molecule has 4 rings (SSSR count). The van der Waals surface area contributed by atoms with E-state index in [1.165, 1.54) is 26.2 Å². The average molecular weight is 408 g/mol. The normalized spacial score (nSPS) is 29.2. The molecule has 3 N–H and O–H groups in total. The van der Waals surface area contributed by atoms with Gasteiger partial charge >= 0.3 is 12.0 Å². The van der Waals surface area contributed by atoms with Gasteiger partial charge in [-0.25, -0.2) is 4.79 Å². The third-order valence-corrected chi connectivity index (χ3v) is 6.47. The molecule has 0 atom stereocenters. The Morgan fingerprint density at radius 2 is 1.55 bits per heavy atom. The van der Waals surface area contributed by atoms with Crippen LogP contribution in [-0.2, 0) is 19.1 Å². The minimum atomic E-state index is -0.605. The second-order valence-corrected chi connectivity index (χ2v) is 9.15. The van der Waals surface area contributed by atoms with Crippen molar-refractivity contribution in [1.82, 2.24) is 16.0 Å².